The molecule has 118 valence electrons. The second-order valence-corrected chi connectivity index (χ2v) is 6.34. The van der Waals surface area contributed by atoms with E-state index < -0.39 is 0 Å². The van der Waals surface area contributed by atoms with E-state index in [0.717, 1.165) is 39.1 Å². The number of piperidine rings is 1. The van der Waals surface area contributed by atoms with Crippen molar-refractivity contribution in [2.45, 2.75) is 70.1 Å². The van der Waals surface area contributed by atoms with Gasteiger partial charge < -0.3 is 15.2 Å². The van der Waals surface area contributed by atoms with Gasteiger partial charge in [-0.05, 0) is 45.2 Å². The molecule has 0 saturated carbocycles. The van der Waals surface area contributed by atoms with Crippen LogP contribution in [0.25, 0.3) is 0 Å². The molecule has 4 nitrogen and oxygen atoms in total. The zero-order chi connectivity index (χ0) is 14.2. The van der Waals surface area contributed by atoms with E-state index in [1.165, 1.54) is 32.1 Å². The monoisotopic (exact) mass is 284 g/mol. The zero-order valence-corrected chi connectivity index (χ0v) is 13.0. The van der Waals surface area contributed by atoms with Gasteiger partial charge in [0.2, 0.25) is 0 Å². The lowest BCUT2D eigenvalue weighted by Crippen LogP contribution is -2.52. The van der Waals surface area contributed by atoms with Crippen LogP contribution in [0.5, 0.6) is 0 Å². The van der Waals surface area contributed by atoms with E-state index in [9.17, 15) is 5.11 Å². The largest absolute Gasteiger partial charge is 0.389 e. The molecule has 2 saturated heterocycles. The fourth-order valence-corrected chi connectivity index (χ4v) is 3.53. The summed E-state index contributed by atoms with van der Waals surface area (Å²) in [5.74, 6) is 0. The molecule has 2 aliphatic heterocycles. The van der Waals surface area contributed by atoms with Crippen LogP contribution in [0.4, 0.5) is 0 Å². The molecule has 3 unspecified atom stereocenters. The van der Waals surface area contributed by atoms with Crippen molar-refractivity contribution in [1.82, 2.24) is 10.2 Å². The molecule has 20 heavy (non-hydrogen) atoms. The fourth-order valence-electron chi connectivity index (χ4n) is 3.53. The molecule has 0 bridgehead atoms. The van der Waals surface area contributed by atoms with Gasteiger partial charge in [0, 0.05) is 25.2 Å². The lowest BCUT2D eigenvalue weighted by Gasteiger charge is -2.40. The standard InChI is InChI=1S/C16H32N2O2/c1-2-3-11-20-13-14(19)12-18-10-5-4-8-16(18)15-7-6-9-17-15/h14-17,19H,2-13H2,1H3. The predicted octanol–water partition coefficient (Wildman–Crippen LogP) is 1.77. The van der Waals surface area contributed by atoms with Crippen molar-refractivity contribution in [3.05, 3.63) is 0 Å². The molecular formula is C16H32N2O2. The highest BCUT2D eigenvalue weighted by molar-refractivity contribution is 4.91. The average molecular weight is 284 g/mol. The number of aliphatic hydroxyl groups excluding tert-OH is 1. The van der Waals surface area contributed by atoms with Crippen molar-refractivity contribution >= 4 is 0 Å². The second kappa shape index (κ2) is 8.98. The minimum absolute atomic E-state index is 0.339. The van der Waals surface area contributed by atoms with Gasteiger partial charge in [0.15, 0.2) is 0 Å². The summed E-state index contributed by atoms with van der Waals surface area (Å²) in [7, 11) is 0. The molecular weight excluding hydrogens is 252 g/mol. The van der Waals surface area contributed by atoms with E-state index in [1.807, 2.05) is 0 Å². The van der Waals surface area contributed by atoms with Gasteiger partial charge in [-0.15, -0.1) is 0 Å². The Labute approximate surface area is 123 Å². The van der Waals surface area contributed by atoms with Crippen LogP contribution in [0.2, 0.25) is 0 Å². The normalized spacial score (nSPS) is 29.7. The molecule has 3 atom stereocenters. The summed E-state index contributed by atoms with van der Waals surface area (Å²) in [5.41, 5.74) is 0. The van der Waals surface area contributed by atoms with Gasteiger partial charge in [-0.2, -0.15) is 0 Å². The van der Waals surface area contributed by atoms with Gasteiger partial charge in [-0.3, -0.25) is 4.90 Å². The Morgan fingerprint density at radius 3 is 2.95 bits per heavy atom. The first-order valence-corrected chi connectivity index (χ1v) is 8.54. The first-order valence-electron chi connectivity index (χ1n) is 8.54. The number of nitrogens with one attached hydrogen (secondary N) is 1. The number of unbranched alkanes of at least 4 members (excludes halogenated alkanes) is 1. The number of hydrogen-bond acceptors (Lipinski definition) is 4. The molecule has 2 fully saturated rings. The van der Waals surface area contributed by atoms with E-state index in [4.69, 9.17) is 4.74 Å². The van der Waals surface area contributed by atoms with Crippen molar-refractivity contribution in [3.63, 3.8) is 0 Å². The number of likely N-dealkylation sites (tertiary alicyclic amines) is 1. The highest BCUT2D eigenvalue weighted by Gasteiger charge is 2.32. The third-order valence-corrected chi connectivity index (χ3v) is 4.62. The summed E-state index contributed by atoms with van der Waals surface area (Å²) in [5, 5.41) is 13.8. The van der Waals surface area contributed by atoms with Gasteiger partial charge >= 0.3 is 0 Å². The predicted molar refractivity (Wildman–Crippen MR) is 82.0 cm³/mol. The topological polar surface area (TPSA) is 44.7 Å². The Kier molecular flexibility index (Phi) is 7.28. The summed E-state index contributed by atoms with van der Waals surface area (Å²) in [4.78, 5) is 2.50. The second-order valence-electron chi connectivity index (χ2n) is 6.34. The minimum Gasteiger partial charge on any atom is -0.389 e. The molecule has 0 aromatic heterocycles. The third-order valence-electron chi connectivity index (χ3n) is 4.62. The maximum atomic E-state index is 10.2. The van der Waals surface area contributed by atoms with E-state index in [2.05, 4.69) is 17.1 Å². The van der Waals surface area contributed by atoms with Crippen LogP contribution in [-0.4, -0.2) is 61.0 Å². The van der Waals surface area contributed by atoms with Crippen LogP contribution in [0, 0.1) is 0 Å². The number of nitrogens with zero attached hydrogens (tertiary/aromatic N) is 1. The van der Waals surface area contributed by atoms with Crippen LogP contribution < -0.4 is 5.32 Å². The first-order chi connectivity index (χ1) is 9.81. The van der Waals surface area contributed by atoms with E-state index >= 15 is 0 Å². The maximum Gasteiger partial charge on any atom is 0.0900 e. The molecule has 4 heteroatoms. The molecule has 0 aromatic carbocycles. The molecule has 0 spiro atoms. The van der Waals surface area contributed by atoms with E-state index in [1.54, 1.807) is 0 Å². The van der Waals surface area contributed by atoms with Gasteiger partial charge in [0.1, 0.15) is 0 Å². The smallest absolute Gasteiger partial charge is 0.0900 e. The highest BCUT2D eigenvalue weighted by atomic mass is 16.5. The molecule has 0 aromatic rings. The van der Waals surface area contributed by atoms with Crippen LogP contribution >= 0.6 is 0 Å². The van der Waals surface area contributed by atoms with Crippen LogP contribution in [0.3, 0.4) is 0 Å². The Morgan fingerprint density at radius 1 is 1.30 bits per heavy atom. The van der Waals surface area contributed by atoms with Crippen LogP contribution in [0.1, 0.15) is 51.9 Å². The number of hydrogen-bond donors (Lipinski definition) is 2. The summed E-state index contributed by atoms with van der Waals surface area (Å²) in [6, 6.07) is 1.26. The Bertz CT molecular complexity index is 257. The SMILES string of the molecule is CCCCOCC(O)CN1CCCCC1C1CCCN1. The summed E-state index contributed by atoms with van der Waals surface area (Å²) < 4.78 is 5.55. The molecule has 2 aliphatic rings. The number of β-amino-alcohol motifs (C(OH)–C–C–N with tert-alkyl or cyclic N) is 1. The molecule has 0 radical (unpaired) electrons. The van der Waals surface area contributed by atoms with Gasteiger partial charge in [0.25, 0.3) is 0 Å². The molecule has 0 amide bonds. The summed E-state index contributed by atoms with van der Waals surface area (Å²) >= 11 is 0. The maximum absolute atomic E-state index is 10.2. The lowest BCUT2D eigenvalue weighted by molar-refractivity contribution is -0.00274. The number of rotatable bonds is 8. The Morgan fingerprint density at radius 2 is 2.20 bits per heavy atom. The van der Waals surface area contributed by atoms with Crippen LogP contribution in [-0.2, 0) is 4.74 Å². The lowest BCUT2D eigenvalue weighted by atomic mass is 9.94. The van der Waals surface area contributed by atoms with E-state index in [-0.39, 0.29) is 6.10 Å². The molecule has 2 N–H and O–H groups in total. The molecule has 0 aliphatic carbocycles. The molecule has 2 heterocycles. The van der Waals surface area contributed by atoms with Crippen molar-refractivity contribution in [2.75, 3.05) is 32.8 Å². The van der Waals surface area contributed by atoms with Crippen LogP contribution in [0.15, 0.2) is 0 Å². The van der Waals surface area contributed by atoms with Gasteiger partial charge in [-0.25, -0.2) is 0 Å². The summed E-state index contributed by atoms with van der Waals surface area (Å²) in [6.45, 7) is 6.50. The minimum atomic E-state index is -0.339. The summed E-state index contributed by atoms with van der Waals surface area (Å²) in [6.07, 6.45) is 8.38. The van der Waals surface area contributed by atoms with Crippen molar-refractivity contribution in [2.24, 2.45) is 0 Å². The number of aliphatic hydroxyl groups is 1. The number of ether oxygens (including phenoxy) is 1. The highest BCUT2D eigenvalue weighted by Crippen LogP contribution is 2.24. The van der Waals surface area contributed by atoms with E-state index in [0.29, 0.717) is 18.7 Å². The first kappa shape index (κ1) is 16.2. The van der Waals surface area contributed by atoms with Gasteiger partial charge in [-0.1, -0.05) is 19.8 Å². The van der Waals surface area contributed by atoms with Crippen molar-refractivity contribution < 1.29 is 9.84 Å². The van der Waals surface area contributed by atoms with Crippen molar-refractivity contribution in [3.8, 4) is 0 Å². The third kappa shape index (κ3) is 4.99. The zero-order valence-electron chi connectivity index (χ0n) is 13.0. The Balaban J connectivity index is 1.73. The average Bonchev–Trinajstić information content (AvgIpc) is 2.98. The Hall–Kier alpha value is -0.160. The quantitative estimate of drug-likeness (QED) is 0.667. The van der Waals surface area contributed by atoms with Crippen molar-refractivity contribution in [1.29, 1.82) is 0 Å². The van der Waals surface area contributed by atoms with Gasteiger partial charge in [0.05, 0.1) is 12.7 Å². The molecule has 2 rings (SSSR count). The fraction of sp³-hybridized carbons (Fsp3) is 1.00.